The number of amides is 1. The average molecular weight is 357 g/mol. The summed E-state index contributed by atoms with van der Waals surface area (Å²) in [6.45, 7) is 2.11. The molecule has 3 aliphatic rings. The Kier molecular flexibility index (Phi) is 4.43. The normalized spacial score (nSPS) is 36.9. The Morgan fingerprint density at radius 3 is 2.21 bits per heavy atom. The molecule has 2 saturated carbocycles. The standard InChI is InChI=1S/C17H27NO5S/c1-2-12-3-5-17(6-4-12,15(20)21)18-14(19)13-11-16(13)7-9-24(22,23)10-8-16/h12-13H,2-11H2,1H3,(H,18,19)(H,20,21). The zero-order valence-corrected chi connectivity index (χ0v) is 15.0. The molecule has 7 heteroatoms. The predicted molar refractivity (Wildman–Crippen MR) is 89.2 cm³/mol. The third kappa shape index (κ3) is 3.19. The minimum Gasteiger partial charge on any atom is -0.480 e. The fraction of sp³-hybridized carbons (Fsp3) is 0.882. The Balaban J connectivity index is 1.63. The minimum atomic E-state index is -2.95. The zero-order valence-electron chi connectivity index (χ0n) is 14.2. The van der Waals surface area contributed by atoms with Crippen molar-refractivity contribution in [3.05, 3.63) is 0 Å². The van der Waals surface area contributed by atoms with Crippen molar-refractivity contribution >= 4 is 21.7 Å². The number of rotatable bonds is 4. The molecule has 2 N–H and O–H groups in total. The average Bonchev–Trinajstić information content (AvgIpc) is 3.26. The number of carboxylic acids is 1. The molecule has 136 valence electrons. The predicted octanol–water partition coefficient (Wildman–Crippen LogP) is 1.74. The van der Waals surface area contributed by atoms with Crippen molar-refractivity contribution in [2.75, 3.05) is 11.5 Å². The van der Waals surface area contributed by atoms with Gasteiger partial charge in [-0.1, -0.05) is 13.3 Å². The summed E-state index contributed by atoms with van der Waals surface area (Å²) in [5.74, 6) is -0.491. The Bertz CT molecular complexity index is 619. The molecule has 0 bridgehead atoms. The largest absolute Gasteiger partial charge is 0.480 e. The van der Waals surface area contributed by atoms with Crippen LogP contribution in [0.2, 0.25) is 0 Å². The molecule has 1 saturated heterocycles. The molecule has 3 rings (SSSR count). The summed E-state index contributed by atoms with van der Waals surface area (Å²) in [6.07, 6.45) is 5.44. The van der Waals surface area contributed by atoms with Gasteiger partial charge in [0.05, 0.1) is 11.5 Å². The number of sulfone groups is 1. The van der Waals surface area contributed by atoms with E-state index in [2.05, 4.69) is 12.2 Å². The van der Waals surface area contributed by atoms with Gasteiger partial charge in [0.25, 0.3) is 0 Å². The van der Waals surface area contributed by atoms with E-state index >= 15 is 0 Å². The molecular weight excluding hydrogens is 330 g/mol. The lowest BCUT2D eigenvalue weighted by molar-refractivity contribution is -0.150. The molecule has 3 fully saturated rings. The van der Waals surface area contributed by atoms with E-state index in [0.717, 1.165) is 19.3 Å². The van der Waals surface area contributed by atoms with Crippen LogP contribution in [0.1, 0.15) is 58.3 Å². The van der Waals surface area contributed by atoms with E-state index in [1.165, 1.54) is 0 Å². The quantitative estimate of drug-likeness (QED) is 0.798. The van der Waals surface area contributed by atoms with Crippen molar-refractivity contribution in [2.24, 2.45) is 17.3 Å². The number of aliphatic carboxylic acids is 1. The van der Waals surface area contributed by atoms with E-state index in [4.69, 9.17) is 0 Å². The van der Waals surface area contributed by atoms with Crippen molar-refractivity contribution < 1.29 is 23.1 Å². The molecule has 1 unspecified atom stereocenters. The summed E-state index contributed by atoms with van der Waals surface area (Å²) < 4.78 is 23.2. The molecule has 24 heavy (non-hydrogen) atoms. The maximum Gasteiger partial charge on any atom is 0.329 e. The van der Waals surface area contributed by atoms with Crippen LogP contribution in [0.3, 0.4) is 0 Å². The molecule has 0 aromatic heterocycles. The van der Waals surface area contributed by atoms with Crippen molar-refractivity contribution in [1.29, 1.82) is 0 Å². The molecule has 0 aromatic rings. The lowest BCUT2D eigenvalue weighted by Gasteiger charge is -2.37. The third-order valence-electron chi connectivity index (χ3n) is 6.64. The first-order valence-electron chi connectivity index (χ1n) is 8.98. The molecule has 1 spiro atoms. The second kappa shape index (κ2) is 6.00. The second-order valence-electron chi connectivity index (χ2n) is 8.00. The van der Waals surface area contributed by atoms with E-state index in [1.54, 1.807) is 0 Å². The van der Waals surface area contributed by atoms with E-state index in [9.17, 15) is 23.1 Å². The van der Waals surface area contributed by atoms with Crippen LogP contribution in [0.4, 0.5) is 0 Å². The Morgan fingerprint density at radius 1 is 1.12 bits per heavy atom. The summed E-state index contributed by atoms with van der Waals surface area (Å²) in [5, 5.41) is 12.5. The lowest BCUT2D eigenvalue weighted by Crippen LogP contribution is -2.57. The number of carbonyl (C=O) groups is 2. The maximum absolute atomic E-state index is 12.6. The Hall–Kier alpha value is -1.11. The van der Waals surface area contributed by atoms with Gasteiger partial charge in [-0.15, -0.1) is 0 Å². The first kappa shape index (κ1) is 17.7. The summed E-state index contributed by atoms with van der Waals surface area (Å²) in [5.41, 5.74) is -1.33. The summed E-state index contributed by atoms with van der Waals surface area (Å²) >= 11 is 0. The van der Waals surface area contributed by atoms with Gasteiger partial charge in [-0.05, 0) is 56.3 Å². The number of carbonyl (C=O) groups excluding carboxylic acids is 1. The molecule has 6 nitrogen and oxygen atoms in total. The van der Waals surface area contributed by atoms with Gasteiger partial charge in [0.1, 0.15) is 15.4 Å². The smallest absolute Gasteiger partial charge is 0.329 e. The van der Waals surface area contributed by atoms with Gasteiger partial charge < -0.3 is 10.4 Å². The van der Waals surface area contributed by atoms with Crippen LogP contribution in [0, 0.1) is 17.3 Å². The molecule has 1 atom stereocenters. The fourth-order valence-electron chi connectivity index (χ4n) is 4.51. The third-order valence-corrected chi connectivity index (χ3v) is 8.29. The number of carboxylic acid groups (broad SMARTS) is 1. The Labute approximate surface area is 143 Å². The second-order valence-corrected chi connectivity index (χ2v) is 10.3. The van der Waals surface area contributed by atoms with Gasteiger partial charge in [0, 0.05) is 5.92 Å². The van der Waals surface area contributed by atoms with Gasteiger partial charge in [-0.3, -0.25) is 4.79 Å². The van der Waals surface area contributed by atoms with E-state index in [-0.39, 0.29) is 28.7 Å². The molecule has 1 aliphatic heterocycles. The highest BCUT2D eigenvalue weighted by molar-refractivity contribution is 7.91. The van der Waals surface area contributed by atoms with Gasteiger partial charge in [-0.25, -0.2) is 13.2 Å². The van der Waals surface area contributed by atoms with Crippen LogP contribution in [0.15, 0.2) is 0 Å². The van der Waals surface area contributed by atoms with Crippen molar-refractivity contribution in [2.45, 2.75) is 63.8 Å². The molecule has 0 radical (unpaired) electrons. The van der Waals surface area contributed by atoms with Crippen LogP contribution < -0.4 is 5.32 Å². The highest BCUT2D eigenvalue weighted by atomic mass is 32.2. The first-order valence-corrected chi connectivity index (χ1v) is 10.8. The van der Waals surface area contributed by atoms with E-state index in [0.29, 0.717) is 38.0 Å². The van der Waals surface area contributed by atoms with Crippen LogP contribution in [0.25, 0.3) is 0 Å². The van der Waals surface area contributed by atoms with Gasteiger partial charge >= 0.3 is 5.97 Å². The Morgan fingerprint density at radius 2 is 1.71 bits per heavy atom. The number of hydrogen-bond donors (Lipinski definition) is 2. The van der Waals surface area contributed by atoms with E-state index < -0.39 is 21.3 Å². The van der Waals surface area contributed by atoms with Gasteiger partial charge in [-0.2, -0.15) is 0 Å². The fourth-order valence-corrected chi connectivity index (χ4v) is 6.15. The number of nitrogens with one attached hydrogen (secondary N) is 1. The first-order chi connectivity index (χ1) is 11.2. The zero-order chi connectivity index (χ0) is 17.6. The summed E-state index contributed by atoms with van der Waals surface area (Å²) in [7, 11) is -2.95. The summed E-state index contributed by atoms with van der Waals surface area (Å²) in [4.78, 5) is 24.5. The van der Waals surface area contributed by atoms with E-state index in [1.807, 2.05) is 0 Å². The molecular formula is C17H27NO5S. The molecule has 1 heterocycles. The SMILES string of the molecule is CCC1CCC(NC(=O)C2CC23CCS(=O)(=O)CC3)(C(=O)O)CC1. The van der Waals surface area contributed by atoms with Crippen LogP contribution in [-0.2, 0) is 19.4 Å². The highest BCUT2D eigenvalue weighted by Gasteiger charge is 2.60. The number of hydrogen-bond acceptors (Lipinski definition) is 4. The van der Waals surface area contributed by atoms with Crippen LogP contribution in [-0.4, -0.2) is 42.4 Å². The van der Waals surface area contributed by atoms with Gasteiger partial charge in [0.15, 0.2) is 0 Å². The van der Waals surface area contributed by atoms with Crippen LogP contribution in [0.5, 0.6) is 0 Å². The molecule has 0 aromatic carbocycles. The molecule has 2 aliphatic carbocycles. The van der Waals surface area contributed by atoms with Crippen molar-refractivity contribution in [3.63, 3.8) is 0 Å². The minimum absolute atomic E-state index is 0.152. The molecule has 1 amide bonds. The monoisotopic (exact) mass is 357 g/mol. The maximum atomic E-state index is 12.6. The van der Waals surface area contributed by atoms with Gasteiger partial charge in [0.2, 0.25) is 5.91 Å². The summed E-state index contributed by atoms with van der Waals surface area (Å²) in [6, 6.07) is 0. The van der Waals surface area contributed by atoms with Crippen LogP contribution >= 0.6 is 0 Å². The topological polar surface area (TPSA) is 101 Å². The van der Waals surface area contributed by atoms with Crippen molar-refractivity contribution in [1.82, 2.24) is 5.32 Å². The van der Waals surface area contributed by atoms with Crippen molar-refractivity contribution in [3.8, 4) is 0 Å². The highest BCUT2D eigenvalue weighted by Crippen LogP contribution is 2.60. The lowest BCUT2D eigenvalue weighted by atomic mass is 9.75.